The first-order chi connectivity index (χ1) is 25.8. The van der Waals surface area contributed by atoms with Crippen LogP contribution in [0.15, 0.2) is 133 Å². The van der Waals surface area contributed by atoms with Gasteiger partial charge in [0.25, 0.3) is 0 Å². The van der Waals surface area contributed by atoms with Gasteiger partial charge in [-0.1, -0.05) is 121 Å². The van der Waals surface area contributed by atoms with Crippen LogP contribution in [0.5, 0.6) is 0 Å². The summed E-state index contributed by atoms with van der Waals surface area (Å²) in [6.07, 6.45) is 0. The van der Waals surface area contributed by atoms with E-state index in [9.17, 15) is 0 Å². The highest BCUT2D eigenvalue weighted by atomic mass is 14.6. The lowest BCUT2D eigenvalue weighted by atomic mass is 9.57. The zero-order chi connectivity index (χ0) is 32.9. The molecule has 10 aromatic rings. The largest absolute Gasteiger partial charge is 0.0619 e. The Labute approximate surface area is 298 Å². The van der Waals surface area contributed by atoms with Crippen molar-refractivity contribution in [3.63, 3.8) is 0 Å². The van der Waals surface area contributed by atoms with Gasteiger partial charge in [-0.25, -0.2) is 0 Å². The maximum absolute atomic E-state index is 2.57. The fourth-order valence-electron chi connectivity index (χ4n) is 13.3. The van der Waals surface area contributed by atoms with Gasteiger partial charge in [0.1, 0.15) is 0 Å². The van der Waals surface area contributed by atoms with Gasteiger partial charge < -0.3 is 0 Å². The third-order valence-corrected chi connectivity index (χ3v) is 14.8. The van der Waals surface area contributed by atoms with Gasteiger partial charge in [-0.2, -0.15) is 0 Å². The minimum Gasteiger partial charge on any atom is -0.0619 e. The summed E-state index contributed by atoms with van der Waals surface area (Å²) in [5.74, 6) is 1.13. The number of hydrogen-bond donors (Lipinski definition) is 0. The molecular formula is C52H26. The number of benzene rings is 10. The molecule has 6 aliphatic rings. The fraction of sp³-hybridized carbons (Fsp3) is 0.0769. The third-order valence-electron chi connectivity index (χ3n) is 14.8. The van der Waals surface area contributed by atoms with Crippen molar-refractivity contribution in [1.29, 1.82) is 0 Å². The molecular weight excluding hydrogens is 625 g/mol. The summed E-state index contributed by atoms with van der Waals surface area (Å²) in [7, 11) is 0. The first kappa shape index (κ1) is 24.8. The molecule has 52 heavy (non-hydrogen) atoms. The second-order valence-corrected chi connectivity index (χ2v) is 16.5. The Balaban J connectivity index is 1.12. The minimum atomic E-state index is 0.279. The molecule has 0 saturated heterocycles. The normalized spacial score (nSPS) is 20.7. The lowest BCUT2D eigenvalue weighted by molar-refractivity contribution is 0.454. The van der Waals surface area contributed by atoms with Gasteiger partial charge in [0.15, 0.2) is 0 Å². The molecule has 234 valence electrons. The Morgan fingerprint density at radius 3 is 1.10 bits per heavy atom. The molecule has 10 aromatic carbocycles. The smallest absolute Gasteiger partial charge is 0.0183 e. The topological polar surface area (TPSA) is 0 Å². The molecule has 0 heteroatoms. The Hall–Kier alpha value is -6.24. The van der Waals surface area contributed by atoms with E-state index < -0.39 is 0 Å². The number of rotatable bonds is 1. The maximum Gasteiger partial charge on any atom is 0.0183 e. The minimum absolute atomic E-state index is 0.279. The molecule has 0 N–H and O–H groups in total. The van der Waals surface area contributed by atoms with Crippen LogP contribution in [0.25, 0.3) is 109 Å². The highest BCUT2D eigenvalue weighted by molar-refractivity contribution is 6.36. The van der Waals surface area contributed by atoms with Crippen LogP contribution in [-0.2, 0) is 0 Å². The van der Waals surface area contributed by atoms with E-state index in [0.717, 1.165) is 0 Å². The van der Waals surface area contributed by atoms with E-state index >= 15 is 0 Å². The van der Waals surface area contributed by atoms with Crippen molar-refractivity contribution in [2.75, 3.05) is 0 Å². The first-order valence-electron chi connectivity index (χ1n) is 19.0. The van der Waals surface area contributed by atoms with E-state index in [-0.39, 0.29) is 23.7 Å². The first-order valence-corrected chi connectivity index (χ1v) is 19.0. The van der Waals surface area contributed by atoms with Gasteiger partial charge in [-0.15, -0.1) is 0 Å². The van der Waals surface area contributed by atoms with Gasteiger partial charge in [-0.05, 0) is 155 Å². The van der Waals surface area contributed by atoms with Crippen LogP contribution in [0, 0.1) is 0 Å². The van der Waals surface area contributed by atoms with Crippen LogP contribution in [0.3, 0.4) is 0 Å². The Morgan fingerprint density at radius 1 is 0.269 bits per heavy atom. The molecule has 0 radical (unpaired) electrons. The lowest BCUT2D eigenvalue weighted by Gasteiger charge is -2.44. The van der Waals surface area contributed by atoms with Crippen molar-refractivity contribution in [1.82, 2.24) is 0 Å². The Morgan fingerprint density at radius 2 is 0.635 bits per heavy atom. The molecule has 0 aliphatic heterocycles. The van der Waals surface area contributed by atoms with E-state index in [1.54, 1.807) is 33.4 Å². The van der Waals surface area contributed by atoms with Crippen molar-refractivity contribution >= 4 is 64.6 Å². The zero-order valence-corrected chi connectivity index (χ0v) is 28.0. The molecule has 0 heterocycles. The summed E-state index contributed by atoms with van der Waals surface area (Å²) in [5, 5.41) is 17.2. The lowest BCUT2D eigenvalue weighted by Crippen LogP contribution is -2.29. The van der Waals surface area contributed by atoms with Crippen LogP contribution in [0.1, 0.15) is 57.1 Å². The fourth-order valence-corrected chi connectivity index (χ4v) is 13.3. The number of fused-ring (bicyclic) bond motifs is 6. The standard InChI is InChI=1S/C52H26/c1-3-7-31-29(5-1)35-21-27-15-13-23-9-11-25-17-19-33-45-39(25)37(23)41(27)51(45)49(35)43(31)47(33)48-34-20-18-26-12-10-24-14-16-28-22-36-30-6-2-4-8-32(30)44(48)50(36)52-42(28)38(24)40(26)46(34)52/h1-22,43-44,47-48H. The second-order valence-electron chi connectivity index (χ2n) is 16.5. The van der Waals surface area contributed by atoms with Gasteiger partial charge in [0.2, 0.25) is 0 Å². The van der Waals surface area contributed by atoms with E-state index in [4.69, 9.17) is 0 Å². The predicted octanol–water partition coefficient (Wildman–Crippen LogP) is 13.7. The van der Waals surface area contributed by atoms with E-state index in [2.05, 4.69) is 133 Å². The Kier molecular flexibility index (Phi) is 3.66. The summed E-state index contributed by atoms with van der Waals surface area (Å²) < 4.78 is 0. The molecule has 0 bridgehead atoms. The Bertz CT molecular complexity index is 3300. The molecule has 0 aromatic heterocycles. The molecule has 0 amide bonds. The van der Waals surface area contributed by atoms with Crippen LogP contribution in [0.2, 0.25) is 0 Å². The summed E-state index contributed by atoms with van der Waals surface area (Å²) in [6.45, 7) is 0. The molecule has 16 rings (SSSR count). The van der Waals surface area contributed by atoms with Crippen molar-refractivity contribution < 1.29 is 0 Å². The number of hydrogen-bond acceptors (Lipinski definition) is 0. The average Bonchev–Trinajstić information content (AvgIpc) is 3.93. The highest BCUT2D eigenvalue weighted by Gasteiger charge is 2.54. The van der Waals surface area contributed by atoms with Gasteiger partial charge in [-0.3, -0.25) is 0 Å². The van der Waals surface area contributed by atoms with E-state index in [1.807, 2.05) is 0 Å². The van der Waals surface area contributed by atoms with Crippen molar-refractivity contribution in [2.45, 2.75) is 23.7 Å². The summed E-state index contributed by atoms with van der Waals surface area (Å²) in [6, 6.07) is 53.0. The monoisotopic (exact) mass is 650 g/mol. The van der Waals surface area contributed by atoms with Crippen LogP contribution < -0.4 is 0 Å². The quantitative estimate of drug-likeness (QED) is 0.155. The summed E-state index contributed by atoms with van der Waals surface area (Å²) >= 11 is 0. The molecule has 0 saturated carbocycles. The predicted molar refractivity (Wildman–Crippen MR) is 216 cm³/mol. The van der Waals surface area contributed by atoms with E-state index in [0.29, 0.717) is 0 Å². The molecule has 4 unspecified atom stereocenters. The van der Waals surface area contributed by atoms with Crippen LogP contribution >= 0.6 is 0 Å². The maximum atomic E-state index is 2.57. The highest BCUT2D eigenvalue weighted by Crippen LogP contribution is 2.73. The molecule has 0 spiro atoms. The van der Waals surface area contributed by atoms with Gasteiger partial charge >= 0.3 is 0 Å². The SMILES string of the molecule is c1ccc2c(c1)-c1cc3ccc4ccc5ccc6c7c5c4c3c-7c1C2C6C1c2ccc3ccc4ccc5cc6c(c7c5c4c3c2-7)C1c1ccccc1-6. The van der Waals surface area contributed by atoms with Crippen LogP contribution in [0.4, 0.5) is 0 Å². The van der Waals surface area contributed by atoms with Gasteiger partial charge in [0, 0.05) is 23.7 Å². The molecule has 6 aliphatic carbocycles. The van der Waals surface area contributed by atoms with Crippen LogP contribution in [-0.4, -0.2) is 0 Å². The third kappa shape index (κ3) is 2.32. The van der Waals surface area contributed by atoms with Gasteiger partial charge in [0.05, 0.1) is 0 Å². The molecule has 0 fully saturated rings. The van der Waals surface area contributed by atoms with E-state index in [1.165, 1.54) is 109 Å². The average molecular weight is 651 g/mol. The second kappa shape index (κ2) is 7.66. The molecule has 0 nitrogen and oxygen atoms in total. The van der Waals surface area contributed by atoms with Crippen molar-refractivity contribution in [3.8, 4) is 44.5 Å². The van der Waals surface area contributed by atoms with Crippen molar-refractivity contribution in [3.05, 3.63) is 167 Å². The zero-order valence-electron chi connectivity index (χ0n) is 28.0. The molecule has 4 atom stereocenters. The summed E-state index contributed by atoms with van der Waals surface area (Å²) in [5.41, 5.74) is 21.3. The van der Waals surface area contributed by atoms with Crippen molar-refractivity contribution in [2.24, 2.45) is 0 Å². The summed E-state index contributed by atoms with van der Waals surface area (Å²) in [4.78, 5) is 0.